The average Bonchev–Trinajstić information content (AvgIpc) is 3.19. The minimum absolute atomic E-state index is 0.0757. The Hall–Kier alpha value is -3.34. The Morgan fingerprint density at radius 2 is 2.00 bits per heavy atom. The van der Waals surface area contributed by atoms with Gasteiger partial charge in [0.05, 0.1) is 10.6 Å². The molecule has 1 N–H and O–H groups in total. The zero-order valence-electron chi connectivity index (χ0n) is 15.6. The summed E-state index contributed by atoms with van der Waals surface area (Å²) in [6, 6.07) is 4.06. The van der Waals surface area contributed by atoms with E-state index in [9.17, 15) is 9.18 Å². The fraction of sp³-hybridized carbons (Fsp3) is 0.333. The van der Waals surface area contributed by atoms with Crippen molar-refractivity contribution in [3.8, 4) is 17.1 Å². The quantitative estimate of drug-likeness (QED) is 0.622. The smallest absolute Gasteiger partial charge is 0.327 e. The van der Waals surface area contributed by atoms with Crippen LogP contribution in [0.25, 0.3) is 11.4 Å². The molecule has 0 spiro atoms. The molecule has 156 valence electrons. The maximum absolute atomic E-state index is 13.4. The van der Waals surface area contributed by atoms with Gasteiger partial charge in [-0.3, -0.25) is 4.79 Å². The van der Waals surface area contributed by atoms with E-state index in [1.807, 2.05) is 4.90 Å². The lowest BCUT2D eigenvalue weighted by molar-refractivity contribution is -0.138. The molecule has 12 heteroatoms. The molecule has 0 bridgehead atoms. The lowest BCUT2D eigenvalue weighted by Crippen LogP contribution is -2.39. The van der Waals surface area contributed by atoms with Crippen LogP contribution < -0.4 is 9.64 Å². The van der Waals surface area contributed by atoms with E-state index in [1.165, 1.54) is 18.2 Å². The predicted molar refractivity (Wildman–Crippen MR) is 104 cm³/mol. The van der Waals surface area contributed by atoms with Gasteiger partial charge < -0.3 is 14.7 Å². The van der Waals surface area contributed by atoms with Crippen molar-refractivity contribution in [3.05, 3.63) is 41.4 Å². The van der Waals surface area contributed by atoms with Crippen molar-refractivity contribution < 1.29 is 19.0 Å². The van der Waals surface area contributed by atoms with E-state index in [0.717, 1.165) is 4.80 Å². The number of rotatable bonds is 6. The number of ether oxygens (including phenoxy) is 1. The van der Waals surface area contributed by atoms with Gasteiger partial charge in [-0.1, -0.05) is 11.6 Å². The summed E-state index contributed by atoms with van der Waals surface area (Å²) in [6.45, 7) is 0.970. The van der Waals surface area contributed by atoms with Crippen LogP contribution in [0.3, 0.4) is 0 Å². The molecular weight excluding hydrogens is 417 g/mol. The third-order valence-electron chi connectivity index (χ3n) is 4.54. The minimum Gasteiger partial charge on any atom is -0.489 e. The number of anilines is 1. The van der Waals surface area contributed by atoms with Crippen LogP contribution in [0.1, 0.15) is 12.8 Å². The van der Waals surface area contributed by atoms with Gasteiger partial charge in [-0.05, 0) is 17.3 Å². The molecule has 0 aliphatic carbocycles. The van der Waals surface area contributed by atoms with Gasteiger partial charge in [-0.2, -0.15) is 4.80 Å². The molecular formula is C18H17ClFN7O3. The van der Waals surface area contributed by atoms with E-state index in [4.69, 9.17) is 21.4 Å². The molecule has 1 aliphatic heterocycles. The van der Waals surface area contributed by atoms with Crippen LogP contribution in [0.15, 0.2) is 30.6 Å². The first-order chi connectivity index (χ1) is 14.5. The van der Waals surface area contributed by atoms with Crippen molar-refractivity contribution in [3.63, 3.8) is 0 Å². The van der Waals surface area contributed by atoms with Gasteiger partial charge in [0.15, 0.2) is 6.54 Å². The second kappa shape index (κ2) is 8.57. The molecule has 0 amide bonds. The summed E-state index contributed by atoms with van der Waals surface area (Å²) in [5.41, 5.74) is 0.536. The second-order valence-electron chi connectivity index (χ2n) is 6.69. The summed E-state index contributed by atoms with van der Waals surface area (Å²) in [5, 5.41) is 20.6. The lowest BCUT2D eigenvalue weighted by Gasteiger charge is -2.32. The number of aromatic nitrogens is 6. The SMILES string of the molecule is O=C(O)Cn1nnc(-c2cnc(N3CCC(Oc4cc(F)ccc4Cl)CC3)nc2)n1. The van der Waals surface area contributed by atoms with Crippen molar-refractivity contribution >= 4 is 23.5 Å². The fourth-order valence-corrected chi connectivity index (χ4v) is 3.23. The molecule has 4 rings (SSSR count). The van der Waals surface area contributed by atoms with Gasteiger partial charge in [-0.25, -0.2) is 14.4 Å². The average molecular weight is 434 g/mol. The van der Waals surface area contributed by atoms with Crippen LogP contribution in [0.2, 0.25) is 5.02 Å². The molecule has 0 radical (unpaired) electrons. The summed E-state index contributed by atoms with van der Waals surface area (Å²) in [5.74, 6) is -0.296. The van der Waals surface area contributed by atoms with E-state index in [-0.39, 0.29) is 18.5 Å². The Bertz CT molecular complexity index is 1040. The standard InChI is InChI=1S/C18H17ClFN7O3/c19-14-2-1-12(20)7-15(14)30-13-3-5-26(6-4-13)18-21-8-11(9-22-18)17-23-25-27(24-17)10-16(28)29/h1-2,7-9,13H,3-6,10H2,(H,28,29). The molecule has 2 aromatic heterocycles. The number of nitrogens with zero attached hydrogens (tertiary/aromatic N) is 7. The summed E-state index contributed by atoms with van der Waals surface area (Å²) in [4.78, 5) is 22.4. The van der Waals surface area contributed by atoms with E-state index >= 15 is 0 Å². The van der Waals surface area contributed by atoms with Crippen LogP contribution >= 0.6 is 11.6 Å². The number of piperidine rings is 1. The maximum Gasteiger partial charge on any atom is 0.327 e. The molecule has 1 fully saturated rings. The molecule has 0 saturated carbocycles. The number of halogens is 2. The Labute approximate surface area is 175 Å². The van der Waals surface area contributed by atoms with Gasteiger partial charge in [0.25, 0.3) is 0 Å². The van der Waals surface area contributed by atoms with Crippen molar-refractivity contribution in [2.75, 3.05) is 18.0 Å². The summed E-state index contributed by atoms with van der Waals surface area (Å²) in [7, 11) is 0. The number of carboxylic acid groups (broad SMARTS) is 1. The first kappa shape index (κ1) is 20.0. The Morgan fingerprint density at radius 1 is 1.27 bits per heavy atom. The Balaban J connectivity index is 1.35. The van der Waals surface area contributed by atoms with Crippen molar-refractivity contribution in [2.45, 2.75) is 25.5 Å². The fourth-order valence-electron chi connectivity index (χ4n) is 3.07. The van der Waals surface area contributed by atoms with Crippen molar-refractivity contribution in [1.29, 1.82) is 0 Å². The van der Waals surface area contributed by atoms with Gasteiger partial charge in [0.1, 0.15) is 17.7 Å². The van der Waals surface area contributed by atoms with E-state index < -0.39 is 11.8 Å². The number of carbonyl (C=O) groups is 1. The normalized spacial score (nSPS) is 14.7. The Kier molecular flexibility index (Phi) is 5.70. The first-order valence-electron chi connectivity index (χ1n) is 9.16. The summed E-state index contributed by atoms with van der Waals surface area (Å²) < 4.78 is 19.2. The maximum atomic E-state index is 13.4. The summed E-state index contributed by atoms with van der Waals surface area (Å²) >= 11 is 6.06. The van der Waals surface area contributed by atoms with Crippen LogP contribution in [-0.4, -0.2) is 60.4 Å². The van der Waals surface area contributed by atoms with Crippen LogP contribution in [0, 0.1) is 5.82 Å². The van der Waals surface area contributed by atoms with E-state index in [0.29, 0.717) is 48.2 Å². The predicted octanol–water partition coefficient (Wildman–Crippen LogP) is 2.05. The Morgan fingerprint density at radius 3 is 2.70 bits per heavy atom. The molecule has 0 unspecified atom stereocenters. The molecule has 30 heavy (non-hydrogen) atoms. The zero-order chi connectivity index (χ0) is 21.1. The number of hydrogen-bond donors (Lipinski definition) is 1. The number of aliphatic carboxylic acids is 1. The molecule has 1 aliphatic rings. The third-order valence-corrected chi connectivity index (χ3v) is 4.85. The number of hydrogen-bond acceptors (Lipinski definition) is 8. The van der Waals surface area contributed by atoms with Crippen LogP contribution in [-0.2, 0) is 11.3 Å². The topological polar surface area (TPSA) is 119 Å². The highest BCUT2D eigenvalue weighted by Crippen LogP contribution is 2.28. The number of tetrazole rings is 1. The molecule has 1 saturated heterocycles. The highest BCUT2D eigenvalue weighted by atomic mass is 35.5. The largest absolute Gasteiger partial charge is 0.489 e. The third kappa shape index (κ3) is 4.62. The van der Waals surface area contributed by atoms with Crippen molar-refractivity contribution in [2.24, 2.45) is 0 Å². The molecule has 3 heterocycles. The van der Waals surface area contributed by atoms with E-state index in [2.05, 4.69) is 25.4 Å². The minimum atomic E-state index is -1.06. The zero-order valence-corrected chi connectivity index (χ0v) is 16.4. The molecule has 10 nitrogen and oxygen atoms in total. The summed E-state index contributed by atoms with van der Waals surface area (Å²) in [6.07, 6.45) is 4.49. The molecule has 0 atom stereocenters. The second-order valence-corrected chi connectivity index (χ2v) is 7.10. The van der Waals surface area contributed by atoms with E-state index in [1.54, 1.807) is 12.4 Å². The first-order valence-corrected chi connectivity index (χ1v) is 9.54. The van der Waals surface area contributed by atoms with Gasteiger partial charge >= 0.3 is 5.97 Å². The van der Waals surface area contributed by atoms with Gasteiger partial charge in [-0.15, -0.1) is 10.2 Å². The lowest BCUT2D eigenvalue weighted by atomic mass is 10.1. The highest BCUT2D eigenvalue weighted by Gasteiger charge is 2.23. The van der Waals surface area contributed by atoms with Crippen LogP contribution in [0.5, 0.6) is 5.75 Å². The molecule has 1 aromatic carbocycles. The monoisotopic (exact) mass is 433 g/mol. The van der Waals surface area contributed by atoms with Crippen LogP contribution in [0.4, 0.5) is 10.3 Å². The van der Waals surface area contributed by atoms with Gasteiger partial charge in [0.2, 0.25) is 11.8 Å². The number of carboxylic acids is 1. The molecule has 3 aromatic rings. The van der Waals surface area contributed by atoms with Crippen molar-refractivity contribution in [1.82, 2.24) is 30.2 Å². The highest BCUT2D eigenvalue weighted by molar-refractivity contribution is 6.32. The number of benzene rings is 1. The van der Waals surface area contributed by atoms with Gasteiger partial charge in [0, 0.05) is 44.4 Å².